The lowest BCUT2D eigenvalue weighted by molar-refractivity contribution is 0.101. The van der Waals surface area contributed by atoms with E-state index in [1.165, 1.54) is 32.4 Å². The van der Waals surface area contributed by atoms with Crippen LogP contribution in [0, 0.1) is 11.6 Å². The first-order valence-corrected chi connectivity index (χ1v) is 10.6. The summed E-state index contributed by atoms with van der Waals surface area (Å²) in [6.45, 7) is 0. The van der Waals surface area contributed by atoms with Crippen molar-refractivity contribution in [1.29, 1.82) is 0 Å². The van der Waals surface area contributed by atoms with Crippen molar-refractivity contribution in [3.63, 3.8) is 0 Å². The molecule has 0 radical (unpaired) electrons. The summed E-state index contributed by atoms with van der Waals surface area (Å²) < 4.78 is 53.3. The van der Waals surface area contributed by atoms with Gasteiger partial charge in [-0.25, -0.2) is 21.5 Å². The van der Waals surface area contributed by atoms with Crippen molar-refractivity contribution < 1.29 is 26.8 Å². The van der Waals surface area contributed by atoms with E-state index in [0.29, 0.717) is 0 Å². The molecule has 32 heavy (non-hydrogen) atoms. The van der Waals surface area contributed by atoms with Gasteiger partial charge in [0.15, 0.2) is 0 Å². The number of carbonyl (C=O) groups excluding carboxylic acids is 2. The summed E-state index contributed by atoms with van der Waals surface area (Å²) >= 11 is 0. The van der Waals surface area contributed by atoms with Crippen molar-refractivity contribution in [3.8, 4) is 0 Å². The van der Waals surface area contributed by atoms with Crippen LogP contribution in [-0.2, 0) is 10.0 Å². The number of nitrogens with zero attached hydrogens (tertiary/aromatic N) is 2. The number of hydrogen-bond acceptors (Lipinski definition) is 5. The summed E-state index contributed by atoms with van der Waals surface area (Å²) in [7, 11) is -1.69. The zero-order chi connectivity index (χ0) is 23.5. The smallest absolute Gasteiger partial charge is 0.274 e. The molecule has 166 valence electrons. The Morgan fingerprint density at radius 1 is 0.906 bits per heavy atom. The number of carbonyl (C=O) groups is 2. The van der Waals surface area contributed by atoms with Gasteiger partial charge in [0.25, 0.3) is 11.8 Å². The molecule has 11 heteroatoms. The first kappa shape index (κ1) is 23.0. The fourth-order valence-corrected chi connectivity index (χ4v) is 3.63. The average molecular weight is 460 g/mol. The van der Waals surface area contributed by atoms with Crippen LogP contribution in [0.5, 0.6) is 0 Å². The van der Waals surface area contributed by atoms with Gasteiger partial charge >= 0.3 is 0 Å². The minimum Gasteiger partial charge on any atom is -0.320 e. The predicted octanol–water partition coefficient (Wildman–Crippen LogP) is 3.11. The Morgan fingerprint density at radius 2 is 1.62 bits per heavy atom. The molecule has 1 aromatic heterocycles. The molecule has 0 bridgehead atoms. The van der Waals surface area contributed by atoms with Gasteiger partial charge in [-0.1, -0.05) is 6.07 Å². The maximum absolute atomic E-state index is 14.1. The number of aromatic nitrogens is 1. The lowest BCUT2D eigenvalue weighted by atomic mass is 10.2. The largest absolute Gasteiger partial charge is 0.320 e. The lowest BCUT2D eigenvalue weighted by Crippen LogP contribution is -2.24. The summed E-state index contributed by atoms with van der Waals surface area (Å²) in [4.78, 5) is 28.3. The third-order valence-corrected chi connectivity index (χ3v) is 6.16. The van der Waals surface area contributed by atoms with Gasteiger partial charge in [-0.15, -0.1) is 0 Å². The fraction of sp³-hybridized carbons (Fsp3) is 0.0952. The van der Waals surface area contributed by atoms with Crippen LogP contribution in [0.25, 0.3) is 0 Å². The van der Waals surface area contributed by atoms with Gasteiger partial charge < -0.3 is 10.6 Å². The Kier molecular flexibility index (Phi) is 6.61. The van der Waals surface area contributed by atoms with Crippen molar-refractivity contribution >= 4 is 33.2 Å². The Morgan fingerprint density at radius 3 is 2.28 bits per heavy atom. The van der Waals surface area contributed by atoms with Gasteiger partial charge in [0, 0.05) is 25.9 Å². The number of halogens is 2. The highest BCUT2D eigenvalue weighted by Crippen LogP contribution is 2.25. The third-order valence-electron chi connectivity index (χ3n) is 4.33. The summed E-state index contributed by atoms with van der Waals surface area (Å²) in [5.74, 6) is -3.14. The van der Waals surface area contributed by atoms with Crippen LogP contribution in [0.3, 0.4) is 0 Å². The first-order chi connectivity index (χ1) is 15.1. The van der Waals surface area contributed by atoms with Crippen LogP contribution in [-0.4, -0.2) is 43.6 Å². The van der Waals surface area contributed by atoms with Gasteiger partial charge in [-0.3, -0.25) is 14.6 Å². The molecule has 2 aromatic carbocycles. The molecule has 2 amide bonds. The standard InChI is InChI=1S/C21H18F2N4O4S/c1-27(2)32(30,31)19-11-13(6-8-15(19)23)20(28)26-18-12-14(22)7-9-16(18)25-21(29)17-5-3-4-10-24-17/h3-12H,1-2H3,(H,25,29)(H,26,28). The molecule has 0 aliphatic rings. The molecule has 0 unspecified atom stereocenters. The SMILES string of the molecule is CN(C)S(=O)(=O)c1cc(C(=O)Nc2cc(F)ccc2NC(=O)c2ccccn2)ccc1F. The van der Waals surface area contributed by atoms with Crippen LogP contribution in [0.2, 0.25) is 0 Å². The second kappa shape index (κ2) is 9.20. The van der Waals surface area contributed by atoms with Crippen LogP contribution in [0.4, 0.5) is 20.2 Å². The molecule has 1 heterocycles. The van der Waals surface area contributed by atoms with E-state index >= 15 is 0 Å². The first-order valence-electron chi connectivity index (χ1n) is 9.15. The molecule has 0 aliphatic carbocycles. The molecule has 2 N–H and O–H groups in total. The van der Waals surface area contributed by atoms with Gasteiger partial charge in [-0.2, -0.15) is 0 Å². The Bertz CT molecular complexity index is 1280. The highest BCUT2D eigenvalue weighted by Gasteiger charge is 2.24. The van der Waals surface area contributed by atoms with Crippen molar-refractivity contribution in [2.24, 2.45) is 0 Å². The van der Waals surface area contributed by atoms with Crippen molar-refractivity contribution in [3.05, 3.63) is 83.7 Å². The summed E-state index contributed by atoms with van der Waals surface area (Å²) in [5, 5.41) is 4.93. The normalized spacial score (nSPS) is 11.3. The number of sulfonamides is 1. The summed E-state index contributed by atoms with van der Waals surface area (Å²) in [5.41, 5.74) is -0.0801. The number of benzene rings is 2. The summed E-state index contributed by atoms with van der Waals surface area (Å²) in [6.07, 6.45) is 1.43. The number of rotatable bonds is 6. The molecule has 0 saturated heterocycles. The fourth-order valence-electron chi connectivity index (χ4n) is 2.65. The number of amides is 2. The Labute approximate surface area is 182 Å². The molecule has 0 atom stereocenters. The van der Waals surface area contributed by atoms with E-state index in [9.17, 15) is 26.8 Å². The monoisotopic (exact) mass is 460 g/mol. The number of nitrogens with one attached hydrogen (secondary N) is 2. The lowest BCUT2D eigenvalue weighted by Gasteiger charge is -2.14. The summed E-state index contributed by atoms with van der Waals surface area (Å²) in [6, 6.07) is 10.9. The average Bonchev–Trinajstić information content (AvgIpc) is 2.76. The molecule has 0 spiro atoms. The van der Waals surface area contributed by atoms with Gasteiger partial charge in [0.2, 0.25) is 10.0 Å². The second-order valence-corrected chi connectivity index (χ2v) is 8.87. The third kappa shape index (κ3) is 4.95. The van der Waals surface area contributed by atoms with Gasteiger partial charge in [0.1, 0.15) is 22.2 Å². The molecule has 3 aromatic rings. The van der Waals surface area contributed by atoms with Crippen molar-refractivity contribution in [2.45, 2.75) is 4.90 Å². The Balaban J connectivity index is 1.90. The van der Waals surface area contributed by atoms with Crippen LogP contribution < -0.4 is 10.6 Å². The minimum absolute atomic E-state index is 0.0821. The molecule has 0 saturated carbocycles. The highest BCUT2D eigenvalue weighted by atomic mass is 32.2. The molecule has 3 rings (SSSR count). The Hall–Kier alpha value is -3.70. The topological polar surface area (TPSA) is 108 Å². The van der Waals surface area contributed by atoms with Gasteiger partial charge in [-0.05, 0) is 48.5 Å². The zero-order valence-corrected chi connectivity index (χ0v) is 17.8. The van der Waals surface area contributed by atoms with Gasteiger partial charge in [0.05, 0.1) is 11.4 Å². The quantitative estimate of drug-likeness (QED) is 0.588. The van der Waals surface area contributed by atoms with E-state index < -0.39 is 38.4 Å². The van der Waals surface area contributed by atoms with Crippen LogP contribution in [0.1, 0.15) is 20.8 Å². The van der Waals surface area contributed by atoms with E-state index in [1.54, 1.807) is 12.1 Å². The van der Waals surface area contributed by atoms with E-state index in [4.69, 9.17) is 0 Å². The maximum atomic E-state index is 14.1. The second-order valence-electron chi connectivity index (χ2n) is 6.75. The van der Waals surface area contributed by atoms with E-state index in [0.717, 1.165) is 34.6 Å². The molecule has 8 nitrogen and oxygen atoms in total. The minimum atomic E-state index is -4.14. The number of hydrogen-bond donors (Lipinski definition) is 2. The molecular weight excluding hydrogens is 442 g/mol. The molecule has 0 aliphatic heterocycles. The maximum Gasteiger partial charge on any atom is 0.274 e. The van der Waals surface area contributed by atoms with E-state index in [2.05, 4.69) is 15.6 Å². The van der Waals surface area contributed by atoms with E-state index in [1.807, 2.05) is 0 Å². The molecule has 0 fully saturated rings. The highest BCUT2D eigenvalue weighted by molar-refractivity contribution is 7.89. The predicted molar refractivity (Wildman–Crippen MR) is 114 cm³/mol. The van der Waals surface area contributed by atoms with Crippen molar-refractivity contribution in [1.82, 2.24) is 9.29 Å². The van der Waals surface area contributed by atoms with Crippen LogP contribution >= 0.6 is 0 Å². The van der Waals surface area contributed by atoms with Crippen LogP contribution in [0.15, 0.2) is 65.7 Å². The van der Waals surface area contributed by atoms with E-state index in [-0.39, 0.29) is 22.6 Å². The number of pyridine rings is 1. The van der Waals surface area contributed by atoms with Crippen molar-refractivity contribution in [2.75, 3.05) is 24.7 Å². The molecular formula is C21H18F2N4O4S. The number of anilines is 2. The zero-order valence-electron chi connectivity index (χ0n) is 17.0.